The molecule has 18 heavy (non-hydrogen) atoms. The topological polar surface area (TPSA) is 39.7 Å². The standard InChI is InChI=1S/C14H28N4/c1-18(13-7-3-2-4-8-13)12-6-11-17-14-15-9-5-10-16-14/h13H,2-12H2,1H3,(H2,15,16,17). The first-order valence-electron chi connectivity index (χ1n) is 7.59. The maximum Gasteiger partial charge on any atom is 0.191 e. The molecule has 2 aliphatic rings. The zero-order valence-electron chi connectivity index (χ0n) is 11.7. The molecule has 4 nitrogen and oxygen atoms in total. The molecule has 0 aromatic carbocycles. The van der Waals surface area contributed by atoms with Crippen LogP contribution in [0.1, 0.15) is 44.9 Å². The van der Waals surface area contributed by atoms with Crippen LogP contribution >= 0.6 is 0 Å². The summed E-state index contributed by atoms with van der Waals surface area (Å²) in [6.45, 7) is 4.26. The minimum Gasteiger partial charge on any atom is -0.356 e. The summed E-state index contributed by atoms with van der Waals surface area (Å²) in [7, 11) is 2.28. The maximum absolute atomic E-state index is 4.42. The molecule has 1 saturated carbocycles. The molecule has 0 aromatic rings. The largest absolute Gasteiger partial charge is 0.356 e. The fraction of sp³-hybridized carbons (Fsp3) is 0.929. The Balaban J connectivity index is 1.55. The van der Waals surface area contributed by atoms with E-state index in [1.807, 2.05) is 0 Å². The number of nitrogens with zero attached hydrogens (tertiary/aromatic N) is 2. The summed E-state index contributed by atoms with van der Waals surface area (Å²) in [5, 5.41) is 6.69. The summed E-state index contributed by atoms with van der Waals surface area (Å²) in [4.78, 5) is 6.97. The minimum absolute atomic E-state index is 0.837. The molecular formula is C14H28N4. The number of guanidine groups is 1. The first-order chi connectivity index (χ1) is 8.86. The van der Waals surface area contributed by atoms with Crippen LogP contribution in [0.3, 0.4) is 0 Å². The number of aliphatic imine (C=N–C) groups is 1. The van der Waals surface area contributed by atoms with Crippen molar-refractivity contribution < 1.29 is 0 Å². The van der Waals surface area contributed by atoms with Gasteiger partial charge in [-0.1, -0.05) is 19.3 Å². The number of hydrogen-bond acceptors (Lipinski definition) is 4. The Morgan fingerprint density at radius 2 is 2.11 bits per heavy atom. The van der Waals surface area contributed by atoms with Gasteiger partial charge in [-0.2, -0.15) is 0 Å². The molecule has 0 amide bonds. The van der Waals surface area contributed by atoms with Gasteiger partial charge >= 0.3 is 0 Å². The van der Waals surface area contributed by atoms with Crippen molar-refractivity contribution in [2.24, 2.45) is 4.99 Å². The van der Waals surface area contributed by atoms with Crippen LogP contribution in [0.5, 0.6) is 0 Å². The summed E-state index contributed by atoms with van der Waals surface area (Å²) in [6, 6.07) is 0.837. The van der Waals surface area contributed by atoms with Gasteiger partial charge in [0.1, 0.15) is 0 Å². The van der Waals surface area contributed by atoms with Gasteiger partial charge in [0.2, 0.25) is 0 Å². The number of nitrogens with one attached hydrogen (secondary N) is 2. The average Bonchev–Trinajstić information content (AvgIpc) is 2.45. The van der Waals surface area contributed by atoms with Crippen molar-refractivity contribution in [3.8, 4) is 0 Å². The first kappa shape index (κ1) is 13.7. The van der Waals surface area contributed by atoms with Crippen molar-refractivity contribution in [3.63, 3.8) is 0 Å². The van der Waals surface area contributed by atoms with E-state index in [0.29, 0.717) is 0 Å². The summed E-state index contributed by atoms with van der Waals surface area (Å²) in [5.41, 5.74) is 0. The SMILES string of the molecule is CN(CCCNC1=NCCCN1)C1CCCCC1. The van der Waals surface area contributed by atoms with E-state index in [4.69, 9.17) is 0 Å². The monoisotopic (exact) mass is 252 g/mol. The maximum atomic E-state index is 4.42. The summed E-state index contributed by atoms with van der Waals surface area (Å²) in [6.07, 6.45) is 9.46. The third-order valence-electron chi connectivity index (χ3n) is 4.08. The van der Waals surface area contributed by atoms with Gasteiger partial charge in [0.15, 0.2) is 5.96 Å². The minimum atomic E-state index is 0.837. The molecule has 2 rings (SSSR count). The lowest BCUT2D eigenvalue weighted by Gasteiger charge is -2.31. The molecule has 0 radical (unpaired) electrons. The van der Waals surface area contributed by atoms with Gasteiger partial charge in [-0.05, 0) is 39.3 Å². The molecular weight excluding hydrogens is 224 g/mol. The van der Waals surface area contributed by atoms with E-state index in [9.17, 15) is 0 Å². The number of hydrogen-bond donors (Lipinski definition) is 2. The zero-order chi connectivity index (χ0) is 12.6. The van der Waals surface area contributed by atoms with Crippen molar-refractivity contribution in [1.29, 1.82) is 0 Å². The highest BCUT2D eigenvalue weighted by Crippen LogP contribution is 2.21. The predicted octanol–water partition coefficient (Wildman–Crippen LogP) is 1.58. The fourth-order valence-corrected chi connectivity index (χ4v) is 2.89. The third-order valence-corrected chi connectivity index (χ3v) is 4.08. The molecule has 0 unspecified atom stereocenters. The predicted molar refractivity (Wildman–Crippen MR) is 77.0 cm³/mol. The van der Waals surface area contributed by atoms with Crippen molar-refractivity contribution in [1.82, 2.24) is 15.5 Å². The van der Waals surface area contributed by atoms with Gasteiger partial charge in [0.25, 0.3) is 0 Å². The lowest BCUT2D eigenvalue weighted by Crippen LogP contribution is -2.42. The van der Waals surface area contributed by atoms with E-state index >= 15 is 0 Å². The third kappa shape index (κ3) is 4.48. The molecule has 0 bridgehead atoms. The lowest BCUT2D eigenvalue weighted by atomic mass is 9.94. The van der Waals surface area contributed by atoms with Gasteiger partial charge in [0.05, 0.1) is 0 Å². The van der Waals surface area contributed by atoms with Gasteiger partial charge in [-0.15, -0.1) is 0 Å². The highest BCUT2D eigenvalue weighted by atomic mass is 15.2. The van der Waals surface area contributed by atoms with Crippen molar-refractivity contribution in [2.45, 2.75) is 51.0 Å². The van der Waals surface area contributed by atoms with Crippen LogP contribution in [0.25, 0.3) is 0 Å². The van der Waals surface area contributed by atoms with Crippen molar-refractivity contribution in [2.75, 3.05) is 33.2 Å². The molecule has 2 N–H and O–H groups in total. The van der Waals surface area contributed by atoms with Crippen molar-refractivity contribution >= 4 is 5.96 Å². The highest BCUT2D eigenvalue weighted by Gasteiger charge is 2.17. The molecule has 4 heteroatoms. The van der Waals surface area contributed by atoms with E-state index in [1.54, 1.807) is 0 Å². The van der Waals surface area contributed by atoms with E-state index < -0.39 is 0 Å². The Kier molecular flexibility index (Phi) is 5.78. The van der Waals surface area contributed by atoms with Crippen LogP contribution < -0.4 is 10.6 Å². The number of rotatable bonds is 5. The molecule has 0 spiro atoms. The van der Waals surface area contributed by atoms with Gasteiger partial charge in [-0.3, -0.25) is 4.99 Å². The molecule has 1 heterocycles. The molecule has 104 valence electrons. The Bertz CT molecular complexity index is 259. The lowest BCUT2D eigenvalue weighted by molar-refractivity contribution is 0.190. The molecule has 0 saturated heterocycles. The van der Waals surface area contributed by atoms with Gasteiger partial charge in [0, 0.05) is 25.7 Å². The van der Waals surface area contributed by atoms with E-state index in [1.165, 1.54) is 45.1 Å². The zero-order valence-corrected chi connectivity index (χ0v) is 11.7. The Morgan fingerprint density at radius 1 is 1.28 bits per heavy atom. The molecule has 1 fully saturated rings. The summed E-state index contributed by atoms with van der Waals surface area (Å²) >= 11 is 0. The average molecular weight is 252 g/mol. The Hall–Kier alpha value is -0.770. The molecule has 0 aromatic heterocycles. The second-order valence-corrected chi connectivity index (χ2v) is 5.56. The Morgan fingerprint density at radius 3 is 2.83 bits per heavy atom. The van der Waals surface area contributed by atoms with Crippen LogP contribution in [-0.2, 0) is 0 Å². The second kappa shape index (κ2) is 7.62. The molecule has 1 aliphatic carbocycles. The van der Waals surface area contributed by atoms with Crippen molar-refractivity contribution in [3.05, 3.63) is 0 Å². The highest BCUT2D eigenvalue weighted by molar-refractivity contribution is 5.80. The van der Waals surface area contributed by atoms with Gasteiger partial charge < -0.3 is 15.5 Å². The first-order valence-corrected chi connectivity index (χ1v) is 7.59. The fourth-order valence-electron chi connectivity index (χ4n) is 2.89. The summed E-state index contributed by atoms with van der Waals surface area (Å²) < 4.78 is 0. The van der Waals surface area contributed by atoms with Gasteiger partial charge in [-0.25, -0.2) is 0 Å². The molecule has 0 atom stereocenters. The van der Waals surface area contributed by atoms with E-state index in [2.05, 4.69) is 27.6 Å². The summed E-state index contributed by atoms with van der Waals surface area (Å²) in [5.74, 6) is 1.00. The van der Waals surface area contributed by atoms with Crippen LogP contribution in [0.4, 0.5) is 0 Å². The van der Waals surface area contributed by atoms with Crippen LogP contribution in [0.15, 0.2) is 4.99 Å². The smallest absolute Gasteiger partial charge is 0.191 e. The molecule has 1 aliphatic heterocycles. The quantitative estimate of drug-likeness (QED) is 0.730. The Labute approximate surface area is 111 Å². The second-order valence-electron chi connectivity index (χ2n) is 5.56. The normalized spacial score (nSPS) is 21.6. The van der Waals surface area contributed by atoms with Crippen LogP contribution in [0, 0.1) is 0 Å². The van der Waals surface area contributed by atoms with E-state index in [-0.39, 0.29) is 0 Å². The van der Waals surface area contributed by atoms with E-state index in [0.717, 1.165) is 38.1 Å². The van der Waals surface area contributed by atoms with Crippen LogP contribution in [0.2, 0.25) is 0 Å². The van der Waals surface area contributed by atoms with Crippen LogP contribution in [-0.4, -0.2) is 50.1 Å².